The van der Waals surface area contributed by atoms with Crippen LogP contribution < -0.4 is 11.0 Å². The second-order valence-corrected chi connectivity index (χ2v) is 5.19. The molecule has 3 rings (SSSR count). The number of aromatic nitrogens is 4. The Morgan fingerprint density at radius 1 is 1.40 bits per heavy atom. The van der Waals surface area contributed by atoms with Gasteiger partial charge < -0.3 is 9.97 Å². The van der Waals surface area contributed by atoms with Crippen molar-refractivity contribution < 1.29 is 0 Å². The fourth-order valence-electron chi connectivity index (χ4n) is 1.65. The molecular weight excluding hydrogens is 371 g/mol. The molecule has 0 aliphatic carbocycles. The molecule has 0 radical (unpaired) electrons. The third-order valence-electron chi connectivity index (χ3n) is 2.53. The van der Waals surface area contributed by atoms with Crippen LogP contribution in [0.25, 0.3) is 11.2 Å². The van der Waals surface area contributed by atoms with Crippen LogP contribution in [0.3, 0.4) is 0 Å². The number of nitrogens with zero attached hydrogens (tertiary/aromatic N) is 3. The molecule has 0 aliphatic rings. The van der Waals surface area contributed by atoms with Crippen LogP contribution in [-0.4, -0.2) is 26.2 Å². The summed E-state index contributed by atoms with van der Waals surface area (Å²) in [6.45, 7) is 0. The molecule has 0 unspecified atom stereocenters. The molecule has 0 saturated heterocycles. The number of aromatic amines is 2. The molecule has 1 aromatic carbocycles. The van der Waals surface area contributed by atoms with Crippen molar-refractivity contribution in [2.24, 2.45) is 5.10 Å². The molecule has 3 aromatic rings. The van der Waals surface area contributed by atoms with E-state index in [1.54, 1.807) is 6.21 Å². The van der Waals surface area contributed by atoms with Gasteiger partial charge >= 0.3 is 0 Å². The minimum atomic E-state index is -0.267. The Labute approximate surface area is 126 Å². The zero-order valence-corrected chi connectivity index (χ0v) is 12.2. The lowest BCUT2D eigenvalue weighted by Crippen LogP contribution is -2.05. The lowest BCUT2D eigenvalue weighted by molar-refractivity contribution is 1.15. The van der Waals surface area contributed by atoms with Gasteiger partial charge in [-0.05, 0) is 40.3 Å². The summed E-state index contributed by atoms with van der Waals surface area (Å²) in [6.07, 6.45) is 2.98. The van der Waals surface area contributed by atoms with Crippen molar-refractivity contribution in [2.75, 3.05) is 5.43 Å². The lowest BCUT2D eigenvalue weighted by atomic mass is 10.2. The van der Waals surface area contributed by atoms with Crippen molar-refractivity contribution in [2.45, 2.75) is 0 Å². The third-order valence-corrected chi connectivity index (χ3v) is 3.20. The highest BCUT2D eigenvalue weighted by Crippen LogP contribution is 2.08. The molecule has 0 amide bonds. The first kappa shape index (κ1) is 12.8. The molecule has 0 aliphatic heterocycles. The van der Waals surface area contributed by atoms with E-state index in [4.69, 9.17) is 0 Å². The van der Waals surface area contributed by atoms with Crippen molar-refractivity contribution in [3.05, 3.63) is 50.1 Å². The van der Waals surface area contributed by atoms with Crippen LogP contribution in [0.15, 0.2) is 40.5 Å². The fourth-order valence-corrected chi connectivity index (χ4v) is 2.21. The molecule has 0 spiro atoms. The number of fused-ring (bicyclic) bond motifs is 1. The summed E-state index contributed by atoms with van der Waals surface area (Å²) in [7, 11) is 0. The van der Waals surface area contributed by atoms with Gasteiger partial charge in [0.25, 0.3) is 5.56 Å². The van der Waals surface area contributed by atoms with Crippen LogP contribution >= 0.6 is 22.6 Å². The molecule has 0 atom stereocenters. The van der Waals surface area contributed by atoms with E-state index < -0.39 is 0 Å². The van der Waals surface area contributed by atoms with Crippen LogP contribution in [0.2, 0.25) is 0 Å². The molecular formula is C12H9IN6O. The van der Waals surface area contributed by atoms with Gasteiger partial charge in [-0.1, -0.05) is 12.1 Å². The van der Waals surface area contributed by atoms with Crippen molar-refractivity contribution in [1.82, 2.24) is 19.9 Å². The topological polar surface area (TPSA) is 98.8 Å². The summed E-state index contributed by atoms with van der Waals surface area (Å²) in [4.78, 5) is 24.8. The molecule has 0 saturated carbocycles. The molecule has 20 heavy (non-hydrogen) atoms. The summed E-state index contributed by atoms with van der Waals surface area (Å²) in [5, 5.41) is 4.07. The van der Waals surface area contributed by atoms with Crippen LogP contribution in [0, 0.1) is 3.57 Å². The summed E-state index contributed by atoms with van der Waals surface area (Å²) in [5.41, 5.74) is 4.11. The Kier molecular flexibility index (Phi) is 3.46. The second-order valence-electron chi connectivity index (χ2n) is 3.94. The van der Waals surface area contributed by atoms with Gasteiger partial charge in [-0.25, -0.2) is 10.4 Å². The van der Waals surface area contributed by atoms with E-state index in [-0.39, 0.29) is 5.56 Å². The lowest BCUT2D eigenvalue weighted by Gasteiger charge is -1.95. The first-order valence-electron chi connectivity index (χ1n) is 5.70. The van der Waals surface area contributed by atoms with Gasteiger partial charge in [0.05, 0.1) is 12.5 Å². The number of hydrogen-bond donors (Lipinski definition) is 3. The quantitative estimate of drug-likeness (QED) is 0.366. The van der Waals surface area contributed by atoms with E-state index in [9.17, 15) is 4.79 Å². The Hall–Kier alpha value is -2.23. The van der Waals surface area contributed by atoms with Crippen molar-refractivity contribution in [3.63, 3.8) is 0 Å². The SMILES string of the molecule is O=c1[nH]cnc2nc(NN=Cc3cccc(I)c3)[nH]c12. The zero-order valence-electron chi connectivity index (χ0n) is 10.1. The van der Waals surface area contributed by atoms with Gasteiger partial charge in [-0.15, -0.1) is 0 Å². The van der Waals surface area contributed by atoms with E-state index in [2.05, 4.69) is 53.1 Å². The van der Waals surface area contributed by atoms with Gasteiger partial charge in [0.1, 0.15) is 0 Å². The first-order chi connectivity index (χ1) is 9.72. The highest BCUT2D eigenvalue weighted by molar-refractivity contribution is 14.1. The highest BCUT2D eigenvalue weighted by atomic mass is 127. The largest absolute Gasteiger partial charge is 0.317 e. The van der Waals surface area contributed by atoms with Crippen molar-refractivity contribution in [3.8, 4) is 0 Å². The first-order valence-corrected chi connectivity index (χ1v) is 6.78. The average molecular weight is 380 g/mol. The van der Waals surface area contributed by atoms with Gasteiger partial charge in [0.2, 0.25) is 5.95 Å². The fraction of sp³-hybridized carbons (Fsp3) is 0. The summed E-state index contributed by atoms with van der Waals surface area (Å²) < 4.78 is 1.13. The predicted octanol–water partition coefficient (Wildman–Crippen LogP) is 1.70. The van der Waals surface area contributed by atoms with E-state index in [0.29, 0.717) is 17.1 Å². The van der Waals surface area contributed by atoms with E-state index in [0.717, 1.165) is 9.13 Å². The van der Waals surface area contributed by atoms with Gasteiger partial charge in [0, 0.05) is 3.57 Å². The van der Waals surface area contributed by atoms with Crippen molar-refractivity contribution in [1.29, 1.82) is 0 Å². The monoisotopic (exact) mass is 380 g/mol. The standard InChI is InChI=1S/C12H9IN6O/c13-8-3-1-2-7(4-8)5-16-19-12-17-9-10(18-12)14-6-15-11(9)20/h1-6H,(H3,14,15,17,18,19,20). The molecule has 100 valence electrons. The zero-order chi connectivity index (χ0) is 13.9. The van der Waals surface area contributed by atoms with Crippen LogP contribution in [-0.2, 0) is 0 Å². The maximum absolute atomic E-state index is 11.5. The summed E-state index contributed by atoms with van der Waals surface area (Å²) in [6, 6.07) is 7.89. The average Bonchev–Trinajstić information content (AvgIpc) is 2.83. The minimum Gasteiger partial charge on any atom is -0.317 e. The van der Waals surface area contributed by atoms with Gasteiger partial charge in [-0.2, -0.15) is 10.1 Å². The molecule has 2 aromatic heterocycles. The normalized spacial score (nSPS) is 11.2. The van der Waals surface area contributed by atoms with E-state index in [1.807, 2.05) is 24.3 Å². The number of anilines is 1. The number of hydrazone groups is 1. The van der Waals surface area contributed by atoms with E-state index in [1.165, 1.54) is 6.33 Å². The number of hydrogen-bond acceptors (Lipinski definition) is 5. The summed E-state index contributed by atoms with van der Waals surface area (Å²) >= 11 is 2.23. The molecule has 8 heteroatoms. The van der Waals surface area contributed by atoms with Crippen LogP contribution in [0.1, 0.15) is 5.56 Å². The van der Waals surface area contributed by atoms with Crippen LogP contribution in [0.5, 0.6) is 0 Å². The van der Waals surface area contributed by atoms with Crippen LogP contribution in [0.4, 0.5) is 5.95 Å². The molecule has 0 bridgehead atoms. The number of rotatable bonds is 3. The Morgan fingerprint density at radius 2 is 2.30 bits per heavy atom. The Bertz CT molecular complexity index is 837. The van der Waals surface area contributed by atoms with Gasteiger partial charge in [0.15, 0.2) is 11.2 Å². The van der Waals surface area contributed by atoms with E-state index >= 15 is 0 Å². The molecule has 2 heterocycles. The van der Waals surface area contributed by atoms with Crippen molar-refractivity contribution >= 4 is 45.9 Å². The molecule has 3 N–H and O–H groups in total. The predicted molar refractivity (Wildman–Crippen MR) is 84.9 cm³/mol. The number of halogens is 1. The minimum absolute atomic E-state index is 0.267. The maximum Gasteiger partial charge on any atom is 0.276 e. The Morgan fingerprint density at radius 3 is 3.10 bits per heavy atom. The Balaban J connectivity index is 1.80. The molecule has 7 nitrogen and oxygen atoms in total. The number of nitrogens with one attached hydrogen (secondary N) is 3. The maximum atomic E-state index is 11.5. The highest BCUT2D eigenvalue weighted by Gasteiger charge is 2.05. The summed E-state index contributed by atoms with van der Waals surface area (Å²) in [5.74, 6) is 0.367. The third kappa shape index (κ3) is 2.69. The smallest absolute Gasteiger partial charge is 0.276 e. The number of imidazole rings is 1. The molecule has 0 fully saturated rings. The number of benzene rings is 1. The van der Waals surface area contributed by atoms with Gasteiger partial charge in [-0.3, -0.25) is 4.79 Å². The second kappa shape index (κ2) is 5.41. The number of H-pyrrole nitrogens is 2.